The van der Waals surface area contributed by atoms with Gasteiger partial charge >= 0.3 is 0 Å². The van der Waals surface area contributed by atoms with Crippen molar-refractivity contribution in [1.29, 1.82) is 0 Å². The molecular formula is C26H38N6OS. The molecule has 0 fully saturated rings. The van der Waals surface area contributed by atoms with Gasteiger partial charge in [0.05, 0.1) is 6.04 Å². The maximum absolute atomic E-state index is 12.5. The van der Waals surface area contributed by atoms with Crippen LogP contribution in [-0.2, 0) is 13.0 Å². The van der Waals surface area contributed by atoms with Gasteiger partial charge in [-0.05, 0) is 63.0 Å². The number of imidazole rings is 1. The Morgan fingerprint density at radius 3 is 2.50 bits per heavy atom. The Morgan fingerprint density at radius 1 is 1.06 bits per heavy atom. The lowest BCUT2D eigenvalue weighted by Gasteiger charge is -2.20. The van der Waals surface area contributed by atoms with Crippen molar-refractivity contribution >= 4 is 17.2 Å². The monoisotopic (exact) mass is 482 g/mol. The molecule has 0 aliphatic rings. The molecule has 2 heterocycles. The molecular weight excluding hydrogens is 444 g/mol. The topological polar surface area (TPSA) is 85.9 Å². The highest BCUT2D eigenvalue weighted by Crippen LogP contribution is 2.20. The molecule has 34 heavy (non-hydrogen) atoms. The number of hydrogen-bond donors (Lipinski definition) is 3. The van der Waals surface area contributed by atoms with Crippen LogP contribution < -0.4 is 10.6 Å². The lowest BCUT2D eigenvalue weighted by molar-refractivity contribution is 0.0952. The van der Waals surface area contributed by atoms with Crippen LogP contribution in [0.25, 0.3) is 0 Å². The molecule has 3 N–H and O–H groups in total. The summed E-state index contributed by atoms with van der Waals surface area (Å²) >= 11 is 1.64. The Balaban J connectivity index is 1.41. The summed E-state index contributed by atoms with van der Waals surface area (Å²) in [5.41, 5.74) is 1.83. The summed E-state index contributed by atoms with van der Waals surface area (Å²) in [6.45, 7) is 9.30. The van der Waals surface area contributed by atoms with Crippen LogP contribution in [0.15, 0.2) is 48.2 Å². The van der Waals surface area contributed by atoms with Crippen LogP contribution in [0.1, 0.15) is 72.3 Å². The first-order valence-electron chi connectivity index (χ1n) is 12.4. The van der Waals surface area contributed by atoms with Crippen LogP contribution in [0.4, 0.5) is 0 Å². The molecule has 0 aliphatic heterocycles. The average Bonchev–Trinajstić information content (AvgIpc) is 3.56. The van der Waals surface area contributed by atoms with Gasteiger partial charge in [0.15, 0.2) is 0 Å². The third kappa shape index (κ3) is 8.66. The molecule has 7 nitrogen and oxygen atoms in total. The quantitative estimate of drug-likeness (QED) is 0.260. The fourth-order valence-electron chi connectivity index (χ4n) is 4.00. The van der Waals surface area contributed by atoms with Gasteiger partial charge in [-0.1, -0.05) is 26.0 Å². The fraction of sp³-hybridized carbons (Fsp3) is 0.500. The van der Waals surface area contributed by atoms with Gasteiger partial charge < -0.3 is 20.5 Å². The predicted molar refractivity (Wildman–Crippen MR) is 139 cm³/mol. The number of nitrogens with zero attached hydrogens (tertiary/aromatic N) is 3. The zero-order valence-electron chi connectivity index (χ0n) is 20.4. The molecule has 2 aromatic heterocycles. The number of H-pyrrole nitrogens is 1. The highest BCUT2D eigenvalue weighted by molar-refractivity contribution is 7.09. The Hall–Kier alpha value is -2.55. The number of carbonyl (C=O) groups is 1. The van der Waals surface area contributed by atoms with Gasteiger partial charge in [0.25, 0.3) is 5.91 Å². The first-order valence-corrected chi connectivity index (χ1v) is 13.3. The largest absolute Gasteiger partial charge is 0.352 e. The van der Waals surface area contributed by atoms with E-state index in [9.17, 15) is 4.79 Å². The Morgan fingerprint density at radius 2 is 1.85 bits per heavy atom. The average molecular weight is 483 g/mol. The molecule has 1 amide bonds. The summed E-state index contributed by atoms with van der Waals surface area (Å²) in [6, 6.07) is 7.92. The van der Waals surface area contributed by atoms with Crippen LogP contribution >= 0.6 is 11.3 Å². The van der Waals surface area contributed by atoms with Crippen LogP contribution in [0.5, 0.6) is 0 Å². The number of aromatic amines is 1. The zero-order chi connectivity index (χ0) is 24.0. The molecule has 1 atom stereocenters. The van der Waals surface area contributed by atoms with E-state index in [1.165, 1.54) is 12.8 Å². The van der Waals surface area contributed by atoms with Gasteiger partial charge in [-0.25, -0.2) is 9.97 Å². The highest BCUT2D eigenvalue weighted by Gasteiger charge is 2.16. The van der Waals surface area contributed by atoms with Crippen molar-refractivity contribution < 1.29 is 4.79 Å². The van der Waals surface area contributed by atoms with Gasteiger partial charge in [0, 0.05) is 49.0 Å². The molecule has 1 aromatic carbocycles. The normalized spacial score (nSPS) is 12.2. The molecule has 1 unspecified atom stereocenters. The molecule has 184 valence electrons. The molecule has 0 saturated heterocycles. The Bertz CT molecular complexity index is 921. The number of hydrogen-bond acceptors (Lipinski definition) is 6. The maximum Gasteiger partial charge on any atom is 0.251 e. The van der Waals surface area contributed by atoms with Crippen molar-refractivity contribution in [1.82, 2.24) is 30.5 Å². The number of carbonyl (C=O) groups excluding carboxylic acids is 1. The summed E-state index contributed by atoms with van der Waals surface area (Å²) < 4.78 is 0. The van der Waals surface area contributed by atoms with Crippen molar-refractivity contribution in [3.8, 4) is 0 Å². The van der Waals surface area contributed by atoms with E-state index in [1.54, 1.807) is 17.5 Å². The van der Waals surface area contributed by atoms with Gasteiger partial charge in [-0.15, -0.1) is 11.3 Å². The van der Waals surface area contributed by atoms with E-state index < -0.39 is 0 Å². The van der Waals surface area contributed by atoms with E-state index >= 15 is 0 Å². The van der Waals surface area contributed by atoms with Gasteiger partial charge in [0.1, 0.15) is 10.8 Å². The molecule has 0 spiro atoms. The number of unbranched alkanes of at least 4 members (excludes halogenated alkanes) is 1. The molecule has 0 aliphatic carbocycles. The summed E-state index contributed by atoms with van der Waals surface area (Å²) in [4.78, 5) is 27.0. The zero-order valence-corrected chi connectivity index (χ0v) is 21.2. The lowest BCUT2D eigenvalue weighted by atomic mass is 10.1. The summed E-state index contributed by atoms with van der Waals surface area (Å²) in [7, 11) is 0. The minimum Gasteiger partial charge on any atom is -0.352 e. The van der Waals surface area contributed by atoms with Crippen LogP contribution in [0, 0.1) is 0 Å². The van der Waals surface area contributed by atoms with E-state index in [0.29, 0.717) is 12.1 Å². The third-order valence-corrected chi connectivity index (χ3v) is 6.63. The Kier molecular flexibility index (Phi) is 11.2. The predicted octanol–water partition coefficient (Wildman–Crippen LogP) is 4.57. The van der Waals surface area contributed by atoms with Crippen molar-refractivity contribution in [2.75, 3.05) is 26.2 Å². The SMILES string of the molecule is CCCN(CCC)CCCCNC(=O)c1ccc(CNC(Cc2ncc[nH]2)c2nccs2)cc1. The van der Waals surface area contributed by atoms with Gasteiger partial charge in [-0.3, -0.25) is 4.79 Å². The molecule has 3 aromatic rings. The van der Waals surface area contributed by atoms with Crippen molar-refractivity contribution in [2.24, 2.45) is 0 Å². The van der Waals surface area contributed by atoms with E-state index in [2.05, 4.69) is 44.3 Å². The van der Waals surface area contributed by atoms with E-state index in [1.807, 2.05) is 42.0 Å². The van der Waals surface area contributed by atoms with E-state index in [-0.39, 0.29) is 11.9 Å². The number of aromatic nitrogens is 3. The second-order valence-corrected chi connectivity index (χ2v) is 9.47. The molecule has 0 radical (unpaired) electrons. The minimum absolute atomic E-state index is 0.00281. The molecule has 8 heteroatoms. The van der Waals surface area contributed by atoms with Crippen LogP contribution in [0.3, 0.4) is 0 Å². The molecule has 0 saturated carbocycles. The van der Waals surface area contributed by atoms with Crippen molar-refractivity contribution in [2.45, 2.75) is 58.5 Å². The van der Waals surface area contributed by atoms with E-state index in [4.69, 9.17) is 0 Å². The molecule has 3 rings (SSSR count). The number of benzene rings is 1. The highest BCUT2D eigenvalue weighted by atomic mass is 32.1. The number of amides is 1. The van der Waals surface area contributed by atoms with Crippen LogP contribution in [-0.4, -0.2) is 51.9 Å². The standard InChI is InChI=1S/C26H38N6OS/c1-3-15-32(16-4-2)17-6-5-11-29-25(33)22-9-7-21(8-10-22)20-31-23(26-30-14-18-34-26)19-24-27-12-13-28-24/h7-10,12-14,18,23,31H,3-6,11,15-17,19-20H2,1-2H3,(H,27,28)(H,29,33). The van der Waals surface area contributed by atoms with Crippen LogP contribution in [0.2, 0.25) is 0 Å². The fourth-order valence-corrected chi connectivity index (χ4v) is 4.72. The summed E-state index contributed by atoms with van der Waals surface area (Å²) in [5, 5.41) is 9.68. The van der Waals surface area contributed by atoms with Crippen molar-refractivity contribution in [3.63, 3.8) is 0 Å². The Labute approximate surface area is 207 Å². The lowest BCUT2D eigenvalue weighted by Crippen LogP contribution is -2.28. The first-order chi connectivity index (χ1) is 16.7. The number of nitrogens with one attached hydrogen (secondary N) is 3. The third-order valence-electron chi connectivity index (χ3n) is 5.74. The van der Waals surface area contributed by atoms with E-state index in [0.717, 1.165) is 61.8 Å². The first kappa shape index (κ1) is 26.1. The second-order valence-electron chi connectivity index (χ2n) is 8.55. The minimum atomic E-state index is -0.00281. The summed E-state index contributed by atoms with van der Waals surface area (Å²) in [5.74, 6) is 0.931. The molecule has 0 bridgehead atoms. The van der Waals surface area contributed by atoms with Gasteiger partial charge in [0.2, 0.25) is 0 Å². The maximum atomic E-state index is 12.5. The van der Waals surface area contributed by atoms with Crippen molar-refractivity contribution in [3.05, 3.63) is 70.2 Å². The summed E-state index contributed by atoms with van der Waals surface area (Å²) in [6.07, 6.45) is 10.7. The number of thiazole rings is 1. The second kappa shape index (κ2) is 14.7. The van der Waals surface area contributed by atoms with Gasteiger partial charge in [-0.2, -0.15) is 0 Å². The smallest absolute Gasteiger partial charge is 0.251 e. The number of rotatable bonds is 16.